The van der Waals surface area contributed by atoms with Crippen LogP contribution < -0.4 is 4.74 Å². The van der Waals surface area contributed by atoms with Gasteiger partial charge in [-0.1, -0.05) is 31.9 Å². The van der Waals surface area contributed by atoms with E-state index in [0.29, 0.717) is 6.61 Å². The Morgan fingerprint density at radius 2 is 1.78 bits per heavy atom. The van der Waals surface area contributed by atoms with E-state index in [-0.39, 0.29) is 4.84 Å². The monoisotopic (exact) mass is 288 g/mol. The van der Waals surface area contributed by atoms with Gasteiger partial charge in [0.1, 0.15) is 10.6 Å². The average Bonchev–Trinajstić information content (AvgIpc) is 2.36. The van der Waals surface area contributed by atoms with Crippen molar-refractivity contribution in [3.05, 3.63) is 29.8 Å². The first-order valence-electron chi connectivity index (χ1n) is 6.72. The SMILES string of the molecule is CCCCCc1ccc(OCCCC(Cl)Cl)cc1. The molecule has 0 atom stereocenters. The van der Waals surface area contributed by atoms with E-state index < -0.39 is 0 Å². The van der Waals surface area contributed by atoms with Crippen LogP contribution in [0.4, 0.5) is 0 Å². The van der Waals surface area contributed by atoms with Gasteiger partial charge in [-0.05, 0) is 43.4 Å². The second-order valence-corrected chi connectivity index (χ2v) is 5.76. The predicted octanol–water partition coefficient (Wildman–Crippen LogP) is 5.38. The number of ether oxygens (including phenoxy) is 1. The molecule has 1 nitrogen and oxygen atoms in total. The number of rotatable bonds is 9. The van der Waals surface area contributed by atoms with Crippen LogP contribution in [0.1, 0.15) is 44.6 Å². The molecule has 0 spiro atoms. The van der Waals surface area contributed by atoms with Gasteiger partial charge in [0, 0.05) is 0 Å². The van der Waals surface area contributed by atoms with Gasteiger partial charge in [0.25, 0.3) is 0 Å². The summed E-state index contributed by atoms with van der Waals surface area (Å²) in [6.07, 6.45) is 6.66. The van der Waals surface area contributed by atoms with Gasteiger partial charge in [-0.25, -0.2) is 0 Å². The number of unbranched alkanes of at least 4 members (excludes halogenated alkanes) is 2. The maximum Gasteiger partial charge on any atom is 0.119 e. The Balaban J connectivity index is 2.23. The Morgan fingerprint density at radius 1 is 1.06 bits per heavy atom. The summed E-state index contributed by atoms with van der Waals surface area (Å²) in [4.78, 5) is -0.283. The average molecular weight is 289 g/mol. The molecule has 0 amide bonds. The number of aryl methyl sites for hydroxylation is 1. The van der Waals surface area contributed by atoms with Crippen molar-refractivity contribution in [1.82, 2.24) is 0 Å². The Kier molecular flexibility index (Phi) is 8.28. The summed E-state index contributed by atoms with van der Waals surface area (Å²) in [5.41, 5.74) is 1.39. The zero-order valence-corrected chi connectivity index (χ0v) is 12.5. The van der Waals surface area contributed by atoms with E-state index in [1.165, 1.54) is 24.8 Å². The Morgan fingerprint density at radius 3 is 2.39 bits per heavy atom. The smallest absolute Gasteiger partial charge is 0.119 e. The predicted molar refractivity (Wildman–Crippen MR) is 79.9 cm³/mol. The number of halogens is 2. The van der Waals surface area contributed by atoms with Crippen LogP contribution in [0.15, 0.2) is 24.3 Å². The van der Waals surface area contributed by atoms with Crippen molar-refractivity contribution in [2.75, 3.05) is 6.61 Å². The maximum atomic E-state index is 5.65. The van der Waals surface area contributed by atoms with Crippen LogP contribution in [0.2, 0.25) is 0 Å². The summed E-state index contributed by atoms with van der Waals surface area (Å²) in [6, 6.07) is 8.38. The fourth-order valence-electron chi connectivity index (χ4n) is 1.76. The van der Waals surface area contributed by atoms with Crippen LogP contribution in [0, 0.1) is 0 Å². The third kappa shape index (κ3) is 7.13. The first kappa shape index (κ1) is 15.7. The van der Waals surface area contributed by atoms with Gasteiger partial charge in [-0.15, -0.1) is 23.2 Å². The molecular formula is C15H22Cl2O. The summed E-state index contributed by atoms with van der Waals surface area (Å²) in [5.74, 6) is 0.926. The Bertz CT molecular complexity index is 309. The molecule has 0 aliphatic rings. The van der Waals surface area contributed by atoms with Crippen LogP contribution >= 0.6 is 23.2 Å². The highest BCUT2D eigenvalue weighted by Gasteiger charge is 1.99. The summed E-state index contributed by atoms with van der Waals surface area (Å²) in [6.45, 7) is 2.90. The second kappa shape index (κ2) is 9.52. The van der Waals surface area contributed by atoms with Gasteiger partial charge >= 0.3 is 0 Å². The van der Waals surface area contributed by atoms with Gasteiger partial charge in [0.05, 0.1) is 6.61 Å². The summed E-state index contributed by atoms with van der Waals surface area (Å²) < 4.78 is 5.62. The van der Waals surface area contributed by atoms with Gasteiger partial charge in [-0.3, -0.25) is 0 Å². The van der Waals surface area contributed by atoms with E-state index in [4.69, 9.17) is 27.9 Å². The molecule has 0 aliphatic heterocycles. The highest BCUT2D eigenvalue weighted by Crippen LogP contribution is 2.15. The van der Waals surface area contributed by atoms with Crippen LogP contribution in [-0.2, 0) is 6.42 Å². The van der Waals surface area contributed by atoms with E-state index in [1.807, 2.05) is 12.1 Å². The van der Waals surface area contributed by atoms with Gasteiger partial charge in [0.2, 0.25) is 0 Å². The minimum absolute atomic E-state index is 0.283. The highest BCUT2D eigenvalue weighted by molar-refractivity contribution is 6.44. The van der Waals surface area contributed by atoms with E-state index in [9.17, 15) is 0 Å². The quantitative estimate of drug-likeness (QED) is 0.438. The summed E-state index contributed by atoms with van der Waals surface area (Å²) in [5, 5.41) is 0. The Labute approximate surface area is 120 Å². The largest absolute Gasteiger partial charge is 0.494 e. The normalized spacial score (nSPS) is 10.9. The van der Waals surface area contributed by atoms with Crippen molar-refractivity contribution < 1.29 is 4.74 Å². The van der Waals surface area contributed by atoms with Crippen LogP contribution in [-0.4, -0.2) is 11.4 Å². The first-order chi connectivity index (χ1) is 8.72. The number of benzene rings is 1. The zero-order chi connectivity index (χ0) is 13.2. The highest BCUT2D eigenvalue weighted by atomic mass is 35.5. The minimum Gasteiger partial charge on any atom is -0.494 e. The molecule has 0 aliphatic carbocycles. The molecule has 3 heteroatoms. The third-order valence-electron chi connectivity index (χ3n) is 2.83. The summed E-state index contributed by atoms with van der Waals surface area (Å²) >= 11 is 11.3. The molecule has 102 valence electrons. The van der Waals surface area contributed by atoms with Crippen molar-refractivity contribution in [3.63, 3.8) is 0 Å². The molecule has 0 unspecified atom stereocenters. The molecule has 0 fully saturated rings. The van der Waals surface area contributed by atoms with Gasteiger partial charge < -0.3 is 4.74 Å². The Hall–Kier alpha value is -0.400. The second-order valence-electron chi connectivity index (χ2n) is 4.48. The molecule has 1 aromatic rings. The van der Waals surface area contributed by atoms with Gasteiger partial charge in [0.15, 0.2) is 0 Å². The molecule has 0 saturated carbocycles. The molecule has 1 rings (SSSR count). The molecular weight excluding hydrogens is 267 g/mol. The molecule has 0 heterocycles. The van der Waals surface area contributed by atoms with Crippen LogP contribution in [0.5, 0.6) is 5.75 Å². The molecule has 0 radical (unpaired) electrons. The fourth-order valence-corrected chi connectivity index (χ4v) is 2.07. The number of alkyl halides is 2. The lowest BCUT2D eigenvalue weighted by Crippen LogP contribution is -1.99. The topological polar surface area (TPSA) is 9.23 Å². The van der Waals surface area contributed by atoms with E-state index in [0.717, 1.165) is 25.0 Å². The molecule has 0 bridgehead atoms. The lowest BCUT2D eigenvalue weighted by atomic mass is 10.1. The molecule has 0 saturated heterocycles. The maximum absolute atomic E-state index is 5.65. The molecule has 1 aromatic carbocycles. The lowest BCUT2D eigenvalue weighted by Gasteiger charge is -2.07. The van der Waals surface area contributed by atoms with Crippen molar-refractivity contribution >= 4 is 23.2 Å². The zero-order valence-electron chi connectivity index (χ0n) is 11.0. The first-order valence-corrected chi connectivity index (χ1v) is 7.59. The summed E-state index contributed by atoms with van der Waals surface area (Å²) in [7, 11) is 0. The third-order valence-corrected chi connectivity index (χ3v) is 3.26. The molecule has 18 heavy (non-hydrogen) atoms. The van der Waals surface area contributed by atoms with Crippen molar-refractivity contribution in [1.29, 1.82) is 0 Å². The van der Waals surface area contributed by atoms with Crippen molar-refractivity contribution in [3.8, 4) is 5.75 Å². The van der Waals surface area contributed by atoms with Gasteiger partial charge in [-0.2, -0.15) is 0 Å². The van der Waals surface area contributed by atoms with E-state index >= 15 is 0 Å². The van der Waals surface area contributed by atoms with E-state index in [1.54, 1.807) is 0 Å². The minimum atomic E-state index is -0.283. The van der Waals surface area contributed by atoms with Crippen LogP contribution in [0.25, 0.3) is 0 Å². The van der Waals surface area contributed by atoms with Crippen molar-refractivity contribution in [2.24, 2.45) is 0 Å². The van der Waals surface area contributed by atoms with E-state index in [2.05, 4.69) is 19.1 Å². The number of hydrogen-bond donors (Lipinski definition) is 0. The number of hydrogen-bond acceptors (Lipinski definition) is 1. The molecule has 0 aromatic heterocycles. The molecule has 0 N–H and O–H groups in total. The van der Waals surface area contributed by atoms with Crippen LogP contribution in [0.3, 0.4) is 0 Å². The fraction of sp³-hybridized carbons (Fsp3) is 0.600. The lowest BCUT2D eigenvalue weighted by molar-refractivity contribution is 0.308. The van der Waals surface area contributed by atoms with Crippen molar-refractivity contribution in [2.45, 2.75) is 50.3 Å². The standard InChI is InChI=1S/C15H22Cl2O/c1-2-3-4-6-13-8-10-14(11-9-13)18-12-5-7-15(16)17/h8-11,15H,2-7,12H2,1H3.